The number of terminal acetylenes is 1. The number of aliphatic imine (C=N–C) groups is 1. The zero-order valence-corrected chi connectivity index (χ0v) is 18.8. The number of carbonyl (C=O) groups is 2. The maximum absolute atomic E-state index is 12.7. The van der Waals surface area contributed by atoms with Crippen LogP contribution in [-0.4, -0.2) is 76.8 Å². The third-order valence-corrected chi connectivity index (χ3v) is 6.27. The van der Waals surface area contributed by atoms with E-state index in [-0.39, 0.29) is 23.8 Å². The van der Waals surface area contributed by atoms with Crippen molar-refractivity contribution in [2.24, 2.45) is 16.6 Å². The van der Waals surface area contributed by atoms with Gasteiger partial charge in [-0.05, 0) is 24.8 Å². The van der Waals surface area contributed by atoms with Gasteiger partial charge in [0.05, 0.1) is 25.3 Å². The van der Waals surface area contributed by atoms with Gasteiger partial charge in [0, 0.05) is 55.9 Å². The van der Waals surface area contributed by atoms with Gasteiger partial charge in [-0.2, -0.15) is 10.4 Å². The van der Waals surface area contributed by atoms with Crippen LogP contribution in [0.5, 0.6) is 5.75 Å². The number of hydrogen-bond donors (Lipinski definition) is 1. The average molecular weight is 460 g/mol. The number of amides is 2. The molecule has 4 heterocycles. The molecule has 0 unspecified atom stereocenters. The summed E-state index contributed by atoms with van der Waals surface area (Å²) in [4.78, 5) is 32.2. The molecule has 10 heteroatoms. The van der Waals surface area contributed by atoms with Gasteiger partial charge in [0.25, 0.3) is 5.91 Å². The van der Waals surface area contributed by atoms with E-state index in [0.29, 0.717) is 48.6 Å². The summed E-state index contributed by atoms with van der Waals surface area (Å²) in [6, 6.07) is 3.98. The number of rotatable bonds is 5. The van der Waals surface area contributed by atoms with E-state index in [1.165, 1.54) is 24.4 Å². The minimum absolute atomic E-state index is 0.0698. The summed E-state index contributed by atoms with van der Waals surface area (Å²) in [6.45, 7) is 2.02. The lowest BCUT2D eigenvalue weighted by Crippen LogP contribution is -2.57. The Bertz CT molecular complexity index is 1250. The second-order valence-electron chi connectivity index (χ2n) is 8.27. The fourth-order valence-corrected chi connectivity index (χ4v) is 4.26. The number of nitrogens with zero attached hydrogens (tertiary/aromatic N) is 6. The van der Waals surface area contributed by atoms with Crippen LogP contribution in [0, 0.1) is 29.6 Å². The molecule has 34 heavy (non-hydrogen) atoms. The molecule has 0 spiro atoms. The summed E-state index contributed by atoms with van der Waals surface area (Å²) in [5.74, 6) is 2.13. The molecule has 2 aromatic heterocycles. The molecule has 0 atom stereocenters. The van der Waals surface area contributed by atoms with E-state index in [9.17, 15) is 14.9 Å². The van der Waals surface area contributed by atoms with Gasteiger partial charge in [-0.25, -0.2) is 4.52 Å². The van der Waals surface area contributed by atoms with Crippen molar-refractivity contribution in [3.05, 3.63) is 35.8 Å². The van der Waals surface area contributed by atoms with Crippen molar-refractivity contribution >= 4 is 29.1 Å². The van der Waals surface area contributed by atoms with E-state index in [1.807, 2.05) is 4.90 Å². The van der Waals surface area contributed by atoms with Crippen molar-refractivity contribution in [2.45, 2.75) is 18.9 Å². The number of ether oxygens (including phenoxy) is 1. The molecule has 0 bridgehead atoms. The van der Waals surface area contributed by atoms with Gasteiger partial charge >= 0.3 is 0 Å². The Balaban J connectivity index is 1.37. The molecule has 174 valence electrons. The summed E-state index contributed by atoms with van der Waals surface area (Å²) < 4.78 is 7.05. The summed E-state index contributed by atoms with van der Waals surface area (Å²) in [5.41, 5.74) is 8.35. The highest BCUT2D eigenvalue weighted by Crippen LogP contribution is 2.27. The van der Waals surface area contributed by atoms with Crippen LogP contribution in [0.25, 0.3) is 11.1 Å². The van der Waals surface area contributed by atoms with Gasteiger partial charge in [0.1, 0.15) is 22.9 Å². The molecule has 4 rings (SSSR count). The van der Waals surface area contributed by atoms with Crippen LogP contribution in [-0.2, 0) is 9.59 Å². The third-order valence-electron chi connectivity index (χ3n) is 6.27. The van der Waals surface area contributed by atoms with Crippen LogP contribution in [0.1, 0.15) is 24.0 Å². The zero-order valence-electron chi connectivity index (χ0n) is 18.8. The minimum Gasteiger partial charge on any atom is -0.494 e. The van der Waals surface area contributed by atoms with Gasteiger partial charge in [-0.3, -0.25) is 14.6 Å². The highest BCUT2D eigenvalue weighted by atomic mass is 16.5. The second kappa shape index (κ2) is 9.67. The minimum atomic E-state index is -0.365. The molecule has 2 N–H and O–H groups in total. The zero-order chi connectivity index (χ0) is 24.2. The number of aromatic nitrogens is 2. The molecule has 2 fully saturated rings. The van der Waals surface area contributed by atoms with Gasteiger partial charge in [-0.1, -0.05) is 0 Å². The molecule has 0 aliphatic carbocycles. The van der Waals surface area contributed by atoms with Crippen molar-refractivity contribution in [1.29, 1.82) is 5.26 Å². The number of allylic oxidation sites excluding steroid dienone is 1. The molecule has 2 aromatic rings. The number of pyridine rings is 1. The monoisotopic (exact) mass is 459 g/mol. The number of nitriles is 1. The van der Waals surface area contributed by atoms with E-state index in [1.54, 1.807) is 23.0 Å². The molecule has 2 amide bonds. The molecule has 2 aliphatic heterocycles. The van der Waals surface area contributed by atoms with Gasteiger partial charge in [-0.15, -0.1) is 6.42 Å². The van der Waals surface area contributed by atoms with E-state index < -0.39 is 0 Å². The number of piperidine rings is 1. The largest absolute Gasteiger partial charge is 0.494 e. The Labute approximate surface area is 197 Å². The number of likely N-dealkylation sites (tertiary alicyclic amines) is 2. The van der Waals surface area contributed by atoms with Crippen molar-refractivity contribution < 1.29 is 14.3 Å². The third kappa shape index (κ3) is 4.30. The maximum atomic E-state index is 12.7. The van der Waals surface area contributed by atoms with Crippen molar-refractivity contribution in [3.63, 3.8) is 0 Å². The number of fused-ring (bicyclic) bond motifs is 1. The lowest BCUT2D eigenvalue weighted by Gasteiger charge is -2.41. The molecule has 0 radical (unpaired) electrons. The van der Waals surface area contributed by atoms with Crippen LogP contribution in [0.2, 0.25) is 0 Å². The second-order valence-corrected chi connectivity index (χ2v) is 8.27. The smallest absolute Gasteiger partial charge is 0.298 e. The normalized spacial score (nSPS) is 17.4. The van der Waals surface area contributed by atoms with Crippen molar-refractivity contribution in [3.8, 4) is 24.2 Å². The van der Waals surface area contributed by atoms with E-state index >= 15 is 0 Å². The summed E-state index contributed by atoms with van der Waals surface area (Å²) in [5, 5.41) is 13.5. The lowest BCUT2D eigenvalue weighted by molar-refractivity contribution is -0.146. The number of hydrogen-bond acceptors (Lipinski definition) is 7. The summed E-state index contributed by atoms with van der Waals surface area (Å²) in [6.07, 6.45) is 13.1. The first-order valence-corrected chi connectivity index (χ1v) is 10.9. The molecular weight excluding hydrogens is 434 g/mol. The predicted octanol–water partition coefficient (Wildman–Crippen LogP) is 0.668. The summed E-state index contributed by atoms with van der Waals surface area (Å²) >= 11 is 0. The SMILES string of the molecule is C#CC(=O)N1CC(C(=O)N2CCC(N=C/C(=C\N)c3cc(OC)c4c(C#N)cnn4c3)CC2)C1. The van der Waals surface area contributed by atoms with Crippen LogP contribution >= 0.6 is 0 Å². The molecular formula is C24H25N7O3. The lowest BCUT2D eigenvalue weighted by atomic mass is 9.96. The van der Waals surface area contributed by atoms with Crippen molar-refractivity contribution in [1.82, 2.24) is 19.4 Å². The number of methoxy groups -OCH3 is 1. The first-order chi connectivity index (χ1) is 16.5. The summed E-state index contributed by atoms with van der Waals surface area (Å²) in [7, 11) is 1.54. The molecule has 2 aliphatic rings. The molecule has 2 saturated heterocycles. The van der Waals surface area contributed by atoms with Crippen LogP contribution in [0.4, 0.5) is 0 Å². The Morgan fingerprint density at radius 1 is 1.32 bits per heavy atom. The van der Waals surface area contributed by atoms with Crippen molar-refractivity contribution in [2.75, 3.05) is 33.3 Å². The fourth-order valence-electron chi connectivity index (χ4n) is 4.26. The first kappa shape index (κ1) is 22.9. The highest BCUT2D eigenvalue weighted by molar-refractivity contribution is 6.10. The predicted molar refractivity (Wildman–Crippen MR) is 126 cm³/mol. The Hall–Kier alpha value is -4.31. The molecule has 10 nitrogen and oxygen atoms in total. The molecule has 0 aromatic carbocycles. The van der Waals surface area contributed by atoms with Gasteiger partial charge < -0.3 is 20.3 Å². The van der Waals surface area contributed by atoms with Crippen LogP contribution in [0.3, 0.4) is 0 Å². The number of carbonyl (C=O) groups excluding carboxylic acids is 2. The van der Waals surface area contributed by atoms with E-state index in [2.05, 4.69) is 17.1 Å². The Morgan fingerprint density at radius 3 is 2.68 bits per heavy atom. The van der Waals surface area contributed by atoms with E-state index in [4.69, 9.17) is 21.9 Å². The topological polar surface area (TPSA) is 129 Å². The van der Waals surface area contributed by atoms with Gasteiger partial charge in [0.2, 0.25) is 5.91 Å². The maximum Gasteiger partial charge on any atom is 0.298 e. The Kier molecular flexibility index (Phi) is 6.51. The quantitative estimate of drug-likeness (QED) is 0.517. The van der Waals surface area contributed by atoms with Crippen LogP contribution < -0.4 is 10.5 Å². The highest BCUT2D eigenvalue weighted by Gasteiger charge is 2.38. The van der Waals surface area contributed by atoms with E-state index in [0.717, 1.165) is 18.4 Å². The number of nitrogens with two attached hydrogens (primary N) is 1. The average Bonchev–Trinajstić information content (AvgIpc) is 3.26. The Morgan fingerprint density at radius 2 is 2.06 bits per heavy atom. The standard InChI is InChI=1S/C24H25N7O3/c1-3-22(32)30-13-19(14-30)24(33)29-6-4-20(5-7-29)27-11-17(9-25)16-8-21(34-2)23-18(10-26)12-28-31(23)15-16/h1,8-9,11-12,15,19-20H,4-7,13-14,25H2,2H3/b17-9+,27-11?. The van der Waals surface area contributed by atoms with Crippen LogP contribution in [0.15, 0.2) is 29.7 Å². The first-order valence-electron chi connectivity index (χ1n) is 10.9. The molecule has 0 saturated carbocycles. The fraction of sp³-hybridized carbons (Fsp3) is 0.375. The van der Waals surface area contributed by atoms with Gasteiger partial charge in [0.15, 0.2) is 0 Å².